The van der Waals surface area contributed by atoms with E-state index in [1.165, 1.54) is 0 Å². The number of fused-ring (bicyclic) bond motifs is 1. The van der Waals surface area contributed by atoms with Crippen LogP contribution in [0.4, 0.5) is 11.5 Å². The number of ether oxygens (including phenoxy) is 1. The molecule has 5 rings (SSSR count). The van der Waals surface area contributed by atoms with Crippen LogP contribution in [-0.4, -0.2) is 61.1 Å². The van der Waals surface area contributed by atoms with Gasteiger partial charge >= 0.3 is 0 Å². The molecule has 0 saturated carbocycles. The van der Waals surface area contributed by atoms with E-state index in [4.69, 9.17) is 20.0 Å². The predicted octanol–water partition coefficient (Wildman–Crippen LogP) is 4.96. The first kappa shape index (κ1) is 25.2. The molecule has 0 bridgehead atoms. The minimum absolute atomic E-state index is 0.210. The van der Waals surface area contributed by atoms with Gasteiger partial charge in [-0.2, -0.15) is 5.26 Å². The van der Waals surface area contributed by atoms with Gasteiger partial charge in [0.2, 0.25) is 0 Å². The Morgan fingerprint density at radius 2 is 1.79 bits per heavy atom. The SMILES string of the molecule is CN(C)CCOc1nc2ccc(NC(=O)c3ccc(-c4cccc(C#N)c4)cc3)cc2nc1N1CCCC1. The van der Waals surface area contributed by atoms with Gasteiger partial charge in [-0.25, -0.2) is 9.97 Å². The van der Waals surface area contributed by atoms with E-state index in [1.54, 1.807) is 18.2 Å². The first-order chi connectivity index (χ1) is 18.5. The monoisotopic (exact) mass is 506 g/mol. The number of nitrogens with zero attached hydrogens (tertiary/aromatic N) is 5. The van der Waals surface area contributed by atoms with Gasteiger partial charge in [-0.3, -0.25) is 4.79 Å². The average molecular weight is 507 g/mol. The highest BCUT2D eigenvalue weighted by atomic mass is 16.5. The molecule has 38 heavy (non-hydrogen) atoms. The third-order valence-corrected chi connectivity index (χ3v) is 6.53. The van der Waals surface area contributed by atoms with Crippen LogP contribution in [0.3, 0.4) is 0 Å². The van der Waals surface area contributed by atoms with E-state index in [9.17, 15) is 4.79 Å². The molecule has 0 atom stereocenters. The van der Waals surface area contributed by atoms with Gasteiger partial charge in [0.1, 0.15) is 6.61 Å². The molecule has 1 fully saturated rings. The number of amides is 1. The van der Waals surface area contributed by atoms with Crippen molar-refractivity contribution in [2.75, 3.05) is 50.6 Å². The maximum absolute atomic E-state index is 13.0. The first-order valence-corrected chi connectivity index (χ1v) is 12.8. The van der Waals surface area contributed by atoms with Crippen molar-refractivity contribution in [2.24, 2.45) is 0 Å². The summed E-state index contributed by atoms with van der Waals surface area (Å²) in [6.07, 6.45) is 2.24. The van der Waals surface area contributed by atoms with Gasteiger partial charge in [-0.05, 0) is 80.5 Å². The lowest BCUT2D eigenvalue weighted by atomic mass is 10.0. The van der Waals surface area contributed by atoms with Gasteiger partial charge in [0.15, 0.2) is 5.82 Å². The fourth-order valence-electron chi connectivity index (χ4n) is 4.45. The minimum Gasteiger partial charge on any atom is -0.474 e. The summed E-state index contributed by atoms with van der Waals surface area (Å²) >= 11 is 0. The molecule has 3 aromatic carbocycles. The summed E-state index contributed by atoms with van der Waals surface area (Å²) in [4.78, 5) is 26.9. The van der Waals surface area contributed by atoms with E-state index in [0.717, 1.165) is 54.9 Å². The number of nitrogens with one attached hydrogen (secondary N) is 1. The number of benzene rings is 3. The van der Waals surface area contributed by atoms with Crippen LogP contribution in [-0.2, 0) is 0 Å². The lowest BCUT2D eigenvalue weighted by Crippen LogP contribution is -2.23. The molecule has 1 aromatic heterocycles. The molecule has 1 amide bonds. The fourth-order valence-corrected chi connectivity index (χ4v) is 4.45. The molecule has 0 spiro atoms. The summed E-state index contributed by atoms with van der Waals surface area (Å²) in [5.74, 6) is 1.10. The van der Waals surface area contributed by atoms with Gasteiger partial charge in [-0.15, -0.1) is 0 Å². The van der Waals surface area contributed by atoms with Crippen LogP contribution >= 0.6 is 0 Å². The lowest BCUT2D eigenvalue weighted by molar-refractivity contribution is 0.102. The molecule has 1 aliphatic rings. The molecule has 1 N–H and O–H groups in total. The van der Waals surface area contributed by atoms with E-state index >= 15 is 0 Å². The second kappa shape index (κ2) is 11.3. The van der Waals surface area contributed by atoms with Crippen molar-refractivity contribution in [3.8, 4) is 23.1 Å². The molecule has 8 nitrogen and oxygen atoms in total. The zero-order chi connectivity index (χ0) is 26.5. The van der Waals surface area contributed by atoms with Crippen LogP contribution in [0.2, 0.25) is 0 Å². The van der Waals surface area contributed by atoms with Crippen LogP contribution in [0, 0.1) is 11.3 Å². The highest BCUT2D eigenvalue weighted by Gasteiger charge is 2.21. The van der Waals surface area contributed by atoms with Gasteiger partial charge in [0.05, 0.1) is 22.7 Å². The second-order valence-corrected chi connectivity index (χ2v) is 9.63. The van der Waals surface area contributed by atoms with Crippen molar-refractivity contribution in [3.05, 3.63) is 77.9 Å². The topological polar surface area (TPSA) is 94.4 Å². The molecule has 0 radical (unpaired) electrons. The van der Waals surface area contributed by atoms with Crippen LogP contribution in [0.25, 0.3) is 22.2 Å². The third kappa shape index (κ3) is 5.74. The van der Waals surface area contributed by atoms with Crippen molar-refractivity contribution < 1.29 is 9.53 Å². The third-order valence-electron chi connectivity index (χ3n) is 6.53. The predicted molar refractivity (Wildman–Crippen MR) is 150 cm³/mol. The highest BCUT2D eigenvalue weighted by molar-refractivity contribution is 6.05. The Hall–Kier alpha value is -4.48. The number of rotatable bonds is 8. The van der Waals surface area contributed by atoms with Crippen LogP contribution in [0.1, 0.15) is 28.8 Å². The van der Waals surface area contributed by atoms with E-state index in [1.807, 2.05) is 62.6 Å². The van der Waals surface area contributed by atoms with Crippen molar-refractivity contribution in [2.45, 2.75) is 12.8 Å². The Bertz CT molecular complexity index is 1490. The Morgan fingerprint density at radius 3 is 2.53 bits per heavy atom. The number of nitriles is 1. The molecule has 1 saturated heterocycles. The van der Waals surface area contributed by atoms with E-state index < -0.39 is 0 Å². The van der Waals surface area contributed by atoms with Crippen molar-refractivity contribution in [1.82, 2.24) is 14.9 Å². The summed E-state index contributed by atoms with van der Waals surface area (Å²) in [5, 5.41) is 12.1. The number of aromatic nitrogens is 2. The molecule has 4 aromatic rings. The maximum atomic E-state index is 13.0. The number of carbonyl (C=O) groups is 1. The fraction of sp³-hybridized carbons (Fsp3) is 0.267. The molecular weight excluding hydrogens is 476 g/mol. The first-order valence-electron chi connectivity index (χ1n) is 12.8. The Labute approximate surface area is 222 Å². The summed E-state index contributed by atoms with van der Waals surface area (Å²) in [6, 6.07) is 22.4. The standard InChI is InChI=1S/C30H30N6O2/c1-35(2)16-17-38-30-28(36-14-3-4-15-36)33-27-19-25(12-13-26(27)34-30)32-29(37)23-10-8-22(9-11-23)24-7-5-6-21(18-24)20-31/h5-13,18-19H,3-4,14-17H2,1-2H3,(H,32,37). The number of likely N-dealkylation sites (N-methyl/N-ethyl adjacent to an activating group) is 1. The van der Waals surface area contributed by atoms with Crippen LogP contribution in [0.15, 0.2) is 66.7 Å². The number of carbonyl (C=O) groups excluding carboxylic acids is 1. The normalized spacial score (nSPS) is 13.1. The molecule has 0 aliphatic carbocycles. The van der Waals surface area contributed by atoms with E-state index in [-0.39, 0.29) is 5.91 Å². The molecule has 8 heteroatoms. The average Bonchev–Trinajstić information content (AvgIpc) is 3.47. The van der Waals surface area contributed by atoms with Crippen molar-refractivity contribution in [1.29, 1.82) is 5.26 Å². The van der Waals surface area contributed by atoms with E-state index in [0.29, 0.717) is 34.8 Å². The quantitative estimate of drug-likeness (QED) is 0.361. The van der Waals surface area contributed by atoms with E-state index in [2.05, 4.69) is 21.2 Å². The molecule has 0 unspecified atom stereocenters. The molecule has 2 heterocycles. The summed E-state index contributed by atoms with van der Waals surface area (Å²) in [5.41, 5.74) is 5.09. The van der Waals surface area contributed by atoms with Crippen LogP contribution in [0.5, 0.6) is 5.88 Å². The van der Waals surface area contributed by atoms with Crippen LogP contribution < -0.4 is 15.0 Å². The van der Waals surface area contributed by atoms with Gasteiger partial charge in [0.25, 0.3) is 11.8 Å². The summed E-state index contributed by atoms with van der Waals surface area (Å²) < 4.78 is 6.03. The zero-order valence-electron chi connectivity index (χ0n) is 21.6. The summed E-state index contributed by atoms with van der Waals surface area (Å²) in [7, 11) is 4.02. The zero-order valence-corrected chi connectivity index (χ0v) is 21.6. The second-order valence-electron chi connectivity index (χ2n) is 9.63. The molecular formula is C30H30N6O2. The Balaban J connectivity index is 1.35. The lowest BCUT2D eigenvalue weighted by Gasteiger charge is -2.20. The Morgan fingerprint density at radius 1 is 1.00 bits per heavy atom. The summed E-state index contributed by atoms with van der Waals surface area (Å²) in [6.45, 7) is 3.18. The number of anilines is 2. The Kier molecular flexibility index (Phi) is 7.47. The number of hydrogen-bond donors (Lipinski definition) is 1. The van der Waals surface area contributed by atoms with Gasteiger partial charge in [0, 0.05) is 30.9 Å². The largest absolute Gasteiger partial charge is 0.474 e. The number of hydrogen-bond acceptors (Lipinski definition) is 7. The highest BCUT2D eigenvalue weighted by Crippen LogP contribution is 2.31. The minimum atomic E-state index is -0.210. The van der Waals surface area contributed by atoms with Gasteiger partial charge in [-0.1, -0.05) is 24.3 Å². The van der Waals surface area contributed by atoms with Crippen molar-refractivity contribution >= 4 is 28.4 Å². The van der Waals surface area contributed by atoms with Gasteiger partial charge < -0.3 is 19.9 Å². The smallest absolute Gasteiger partial charge is 0.258 e. The molecule has 1 aliphatic heterocycles. The van der Waals surface area contributed by atoms with Crippen molar-refractivity contribution in [3.63, 3.8) is 0 Å². The maximum Gasteiger partial charge on any atom is 0.258 e. The molecule has 192 valence electrons.